The van der Waals surface area contributed by atoms with Crippen LogP contribution in [-0.4, -0.2) is 50.3 Å². The van der Waals surface area contributed by atoms with Crippen molar-refractivity contribution in [3.63, 3.8) is 0 Å². The van der Waals surface area contributed by atoms with E-state index in [-0.39, 0.29) is 25.5 Å². The standard InChI is InChI=1S/C3H10N2O.C3H9N.ClH/c4-1-3(6)2-5;1-4(2)3;/h3,6H,1-2,4-5H2;1-3H3;1H. The predicted molar refractivity (Wildman–Crippen MR) is 51.0 cm³/mol. The van der Waals surface area contributed by atoms with Crippen molar-refractivity contribution in [1.82, 2.24) is 4.90 Å². The number of hydrogen-bond acceptors (Lipinski definition) is 4. The molecule has 11 heavy (non-hydrogen) atoms. The molecule has 0 saturated heterocycles. The molecular weight excluding hydrogens is 166 g/mol. The van der Waals surface area contributed by atoms with Crippen LogP contribution in [0.2, 0.25) is 0 Å². The first-order valence-corrected chi connectivity index (χ1v) is 3.23. The van der Waals surface area contributed by atoms with Gasteiger partial charge in [0.1, 0.15) is 0 Å². The third-order valence-electron chi connectivity index (χ3n) is 0.544. The summed E-state index contributed by atoms with van der Waals surface area (Å²) in [7, 11) is 6.00. The Kier molecular flexibility index (Phi) is 20.1. The van der Waals surface area contributed by atoms with E-state index in [9.17, 15) is 0 Å². The molecule has 0 aromatic carbocycles. The first-order valence-electron chi connectivity index (χ1n) is 3.23. The highest BCUT2D eigenvalue weighted by atomic mass is 35.5. The summed E-state index contributed by atoms with van der Waals surface area (Å²) < 4.78 is 0. The quantitative estimate of drug-likeness (QED) is 0.509. The van der Waals surface area contributed by atoms with Crippen molar-refractivity contribution < 1.29 is 5.11 Å². The highest BCUT2D eigenvalue weighted by molar-refractivity contribution is 5.85. The topological polar surface area (TPSA) is 75.5 Å². The smallest absolute Gasteiger partial charge is 0.0784 e. The molecule has 0 spiro atoms. The lowest BCUT2D eigenvalue weighted by Gasteiger charge is -1.98. The summed E-state index contributed by atoms with van der Waals surface area (Å²) in [6.07, 6.45) is -0.509. The average molecular weight is 186 g/mol. The number of halogens is 1. The van der Waals surface area contributed by atoms with Gasteiger partial charge in [-0.15, -0.1) is 12.4 Å². The molecule has 0 bridgehead atoms. The maximum absolute atomic E-state index is 8.42. The monoisotopic (exact) mass is 185 g/mol. The molecule has 0 unspecified atom stereocenters. The normalized spacial score (nSPS) is 8.73. The zero-order chi connectivity index (χ0) is 8.57. The van der Waals surface area contributed by atoms with Crippen LogP contribution >= 0.6 is 12.4 Å². The van der Waals surface area contributed by atoms with Crippen LogP contribution in [0.25, 0.3) is 0 Å². The van der Waals surface area contributed by atoms with Crippen LogP contribution in [0.15, 0.2) is 0 Å². The first-order chi connectivity index (χ1) is 4.54. The molecule has 0 saturated carbocycles. The van der Waals surface area contributed by atoms with Gasteiger partial charge >= 0.3 is 0 Å². The minimum atomic E-state index is -0.509. The van der Waals surface area contributed by atoms with Crippen molar-refractivity contribution in [2.75, 3.05) is 34.2 Å². The van der Waals surface area contributed by atoms with Crippen molar-refractivity contribution in [2.45, 2.75) is 6.10 Å². The summed E-state index contributed by atoms with van der Waals surface area (Å²) in [6.45, 7) is 0.521. The second-order valence-corrected chi connectivity index (χ2v) is 2.47. The predicted octanol–water partition coefficient (Wildman–Crippen LogP) is -1.14. The maximum atomic E-state index is 8.42. The molecule has 0 aliphatic carbocycles. The number of rotatable bonds is 2. The number of aliphatic hydroxyl groups is 1. The van der Waals surface area contributed by atoms with Gasteiger partial charge in [-0.3, -0.25) is 0 Å². The lowest BCUT2D eigenvalue weighted by atomic mass is 10.4. The number of nitrogens with two attached hydrogens (primary N) is 2. The lowest BCUT2D eigenvalue weighted by Crippen LogP contribution is -2.27. The van der Waals surface area contributed by atoms with E-state index in [4.69, 9.17) is 16.6 Å². The van der Waals surface area contributed by atoms with Gasteiger partial charge in [-0.1, -0.05) is 0 Å². The van der Waals surface area contributed by atoms with Gasteiger partial charge in [-0.05, 0) is 21.1 Å². The van der Waals surface area contributed by atoms with E-state index in [0.29, 0.717) is 0 Å². The summed E-state index contributed by atoms with van der Waals surface area (Å²) in [6, 6.07) is 0. The molecule has 0 fully saturated rings. The van der Waals surface area contributed by atoms with E-state index in [1.165, 1.54) is 0 Å². The van der Waals surface area contributed by atoms with E-state index < -0.39 is 6.10 Å². The van der Waals surface area contributed by atoms with Gasteiger partial charge < -0.3 is 21.5 Å². The van der Waals surface area contributed by atoms with Crippen LogP contribution in [0.5, 0.6) is 0 Å². The fraction of sp³-hybridized carbons (Fsp3) is 1.00. The van der Waals surface area contributed by atoms with Crippen LogP contribution in [0, 0.1) is 0 Å². The summed E-state index contributed by atoms with van der Waals surface area (Å²) >= 11 is 0. The zero-order valence-corrected chi connectivity index (χ0v) is 8.27. The summed E-state index contributed by atoms with van der Waals surface area (Å²) in [5.41, 5.74) is 9.91. The highest BCUT2D eigenvalue weighted by Gasteiger charge is 1.91. The van der Waals surface area contributed by atoms with Gasteiger partial charge in [-0.2, -0.15) is 0 Å². The van der Waals surface area contributed by atoms with Gasteiger partial charge in [0.25, 0.3) is 0 Å². The molecule has 0 aromatic heterocycles. The van der Waals surface area contributed by atoms with E-state index in [0.717, 1.165) is 0 Å². The Balaban J connectivity index is -0.000000114. The summed E-state index contributed by atoms with van der Waals surface area (Å²) in [5.74, 6) is 0. The molecule has 0 heterocycles. The third-order valence-corrected chi connectivity index (χ3v) is 0.544. The van der Waals surface area contributed by atoms with E-state index in [1.807, 2.05) is 26.0 Å². The molecule has 0 aromatic rings. The highest BCUT2D eigenvalue weighted by Crippen LogP contribution is 1.66. The third kappa shape index (κ3) is 39.3. The minimum absolute atomic E-state index is 0. The zero-order valence-electron chi connectivity index (χ0n) is 7.45. The Bertz CT molecular complexity index is 57.0. The van der Waals surface area contributed by atoms with Gasteiger partial charge in [0, 0.05) is 13.1 Å². The molecule has 0 amide bonds. The maximum Gasteiger partial charge on any atom is 0.0784 e. The summed E-state index contributed by atoms with van der Waals surface area (Å²) in [4.78, 5) is 2.00. The van der Waals surface area contributed by atoms with Crippen molar-refractivity contribution in [1.29, 1.82) is 0 Å². The Labute approximate surface area is 75.0 Å². The second-order valence-electron chi connectivity index (χ2n) is 2.47. The molecule has 0 atom stereocenters. The van der Waals surface area contributed by atoms with Crippen molar-refractivity contribution in [3.8, 4) is 0 Å². The Morgan fingerprint density at radius 1 is 1.18 bits per heavy atom. The van der Waals surface area contributed by atoms with Gasteiger partial charge in [0.05, 0.1) is 6.10 Å². The molecular formula is C6H20ClN3O. The number of nitrogens with zero attached hydrogens (tertiary/aromatic N) is 1. The molecule has 5 heteroatoms. The van der Waals surface area contributed by atoms with Crippen LogP contribution in [0.4, 0.5) is 0 Å². The molecule has 0 aliphatic rings. The Morgan fingerprint density at radius 3 is 1.36 bits per heavy atom. The fourth-order valence-electron chi connectivity index (χ4n) is 0.0962. The van der Waals surface area contributed by atoms with Crippen molar-refractivity contribution >= 4 is 12.4 Å². The molecule has 0 rings (SSSR count). The lowest BCUT2D eigenvalue weighted by molar-refractivity contribution is 0.191. The fourth-order valence-corrected chi connectivity index (χ4v) is 0.0962. The molecule has 72 valence electrons. The SMILES string of the molecule is CN(C)C.Cl.NCC(O)CN. The molecule has 0 radical (unpaired) electrons. The Hall–Kier alpha value is 0.130. The average Bonchev–Trinajstić information content (AvgIpc) is 1.85. The van der Waals surface area contributed by atoms with Crippen molar-refractivity contribution in [3.05, 3.63) is 0 Å². The van der Waals surface area contributed by atoms with Crippen LogP contribution in [-0.2, 0) is 0 Å². The van der Waals surface area contributed by atoms with Crippen LogP contribution in [0.1, 0.15) is 0 Å². The van der Waals surface area contributed by atoms with Gasteiger partial charge in [0.15, 0.2) is 0 Å². The van der Waals surface area contributed by atoms with Crippen molar-refractivity contribution in [2.24, 2.45) is 11.5 Å². The number of aliphatic hydroxyl groups excluding tert-OH is 1. The van der Waals surface area contributed by atoms with E-state index >= 15 is 0 Å². The summed E-state index contributed by atoms with van der Waals surface area (Å²) in [5, 5.41) is 8.42. The van der Waals surface area contributed by atoms with Gasteiger partial charge in [-0.25, -0.2) is 0 Å². The second kappa shape index (κ2) is 12.8. The number of hydrogen-bond donors (Lipinski definition) is 3. The molecule has 0 aliphatic heterocycles. The van der Waals surface area contributed by atoms with E-state index in [1.54, 1.807) is 0 Å². The van der Waals surface area contributed by atoms with Gasteiger partial charge in [0.2, 0.25) is 0 Å². The first kappa shape index (κ1) is 17.3. The van der Waals surface area contributed by atoms with Crippen LogP contribution in [0.3, 0.4) is 0 Å². The largest absolute Gasteiger partial charge is 0.390 e. The molecule has 5 N–H and O–H groups in total. The molecule has 4 nitrogen and oxygen atoms in total. The minimum Gasteiger partial charge on any atom is -0.390 e. The Morgan fingerprint density at radius 2 is 1.36 bits per heavy atom. The van der Waals surface area contributed by atoms with E-state index in [2.05, 4.69) is 0 Å². The van der Waals surface area contributed by atoms with Crippen LogP contribution < -0.4 is 11.5 Å².